The third kappa shape index (κ3) is 5.61. The molecule has 134 valence electrons. The summed E-state index contributed by atoms with van der Waals surface area (Å²) in [5.41, 5.74) is 2.04. The molecular formula is C21H22N2O2S. The highest BCUT2D eigenvalue weighted by Gasteiger charge is 2.07. The van der Waals surface area contributed by atoms with Crippen molar-refractivity contribution < 1.29 is 9.90 Å². The van der Waals surface area contributed by atoms with Crippen LogP contribution in [0.3, 0.4) is 0 Å². The van der Waals surface area contributed by atoms with Gasteiger partial charge in [0.1, 0.15) is 0 Å². The first-order chi connectivity index (χ1) is 12.5. The summed E-state index contributed by atoms with van der Waals surface area (Å²) < 4.78 is 0. The van der Waals surface area contributed by atoms with Crippen LogP contribution in [0.25, 0.3) is 23.1 Å². The van der Waals surface area contributed by atoms with E-state index in [4.69, 9.17) is 11.7 Å². The molecule has 0 aliphatic rings. The van der Waals surface area contributed by atoms with Gasteiger partial charge in [0, 0.05) is 29.0 Å². The minimum absolute atomic E-state index is 0.273. The molecule has 1 aromatic heterocycles. The molecular weight excluding hydrogens is 344 g/mol. The van der Waals surface area contributed by atoms with Crippen LogP contribution in [0.15, 0.2) is 42.1 Å². The molecule has 26 heavy (non-hydrogen) atoms. The molecule has 0 amide bonds. The number of aliphatic carboxylic acids is 1. The number of thiophene rings is 1. The molecule has 1 N–H and O–H groups in total. The summed E-state index contributed by atoms with van der Waals surface area (Å²) in [6.45, 7) is 10.1. The van der Waals surface area contributed by atoms with Gasteiger partial charge in [0.2, 0.25) is 0 Å². The highest BCUT2D eigenvalue weighted by atomic mass is 32.1. The van der Waals surface area contributed by atoms with Crippen molar-refractivity contribution in [3.63, 3.8) is 0 Å². The van der Waals surface area contributed by atoms with E-state index in [2.05, 4.69) is 48.0 Å². The van der Waals surface area contributed by atoms with Crippen molar-refractivity contribution in [1.82, 2.24) is 0 Å². The molecule has 1 aromatic carbocycles. The normalized spacial score (nSPS) is 11.5. The van der Waals surface area contributed by atoms with Gasteiger partial charge in [-0.2, -0.15) is 0 Å². The Balaban J connectivity index is 2.04. The highest BCUT2D eigenvalue weighted by Crippen LogP contribution is 2.23. The van der Waals surface area contributed by atoms with Crippen molar-refractivity contribution in [2.45, 2.75) is 19.8 Å². The van der Waals surface area contributed by atoms with E-state index < -0.39 is 5.97 Å². The largest absolute Gasteiger partial charge is 0.486 e. The first-order valence-electron chi connectivity index (χ1n) is 8.45. The Labute approximate surface area is 158 Å². The molecule has 0 aliphatic carbocycles. The minimum atomic E-state index is -1.20. The molecule has 0 unspecified atom stereocenters. The summed E-state index contributed by atoms with van der Waals surface area (Å²) in [7, 11) is 2.11. The lowest BCUT2D eigenvalue weighted by atomic mass is 10.1. The Morgan fingerprint density at radius 2 is 1.88 bits per heavy atom. The molecule has 5 heteroatoms. The molecule has 0 saturated carbocycles. The zero-order valence-corrected chi connectivity index (χ0v) is 15.8. The van der Waals surface area contributed by atoms with Crippen LogP contribution in [-0.4, -0.2) is 24.7 Å². The summed E-state index contributed by atoms with van der Waals surface area (Å²) in [4.78, 5) is 17.9. The standard InChI is InChI=1S/C21H22N2O2S/c1-4-5-14-23(3)17-9-6-16(7-10-17)8-11-18-12-13-19(26-18)15-20(22-2)21(24)25/h6-13,15H,4-5,14H2,1,3H3,(H,24,25)/b11-8+,20-15-. The Morgan fingerprint density at radius 3 is 2.50 bits per heavy atom. The lowest BCUT2D eigenvalue weighted by Gasteiger charge is -2.18. The average Bonchev–Trinajstić information content (AvgIpc) is 3.10. The number of carbonyl (C=O) groups is 1. The van der Waals surface area contributed by atoms with Crippen LogP contribution in [0.5, 0.6) is 0 Å². The number of carboxylic acid groups (broad SMARTS) is 1. The SMILES string of the molecule is [C-]#[N+]/C(=C\c1ccc(/C=C/c2ccc(N(C)CCCC)cc2)s1)C(=O)O. The summed E-state index contributed by atoms with van der Waals surface area (Å²) in [5.74, 6) is -1.20. The molecule has 4 nitrogen and oxygen atoms in total. The minimum Gasteiger partial charge on any atom is -0.486 e. The van der Waals surface area contributed by atoms with E-state index in [1.54, 1.807) is 0 Å². The topological polar surface area (TPSA) is 44.9 Å². The molecule has 0 spiro atoms. The van der Waals surface area contributed by atoms with E-state index in [0.717, 1.165) is 21.9 Å². The van der Waals surface area contributed by atoms with Gasteiger partial charge in [-0.25, -0.2) is 4.85 Å². The summed E-state index contributed by atoms with van der Waals surface area (Å²) in [6.07, 6.45) is 7.80. The number of hydrogen-bond donors (Lipinski definition) is 1. The van der Waals surface area contributed by atoms with Gasteiger partial charge in [-0.15, -0.1) is 11.3 Å². The van der Waals surface area contributed by atoms with Crippen LogP contribution in [0.1, 0.15) is 35.1 Å². The predicted octanol–water partition coefficient (Wildman–Crippen LogP) is 5.50. The number of unbranched alkanes of at least 4 members (excludes halogenated alkanes) is 1. The third-order valence-corrected chi connectivity index (χ3v) is 4.88. The Kier molecular flexibility index (Phi) is 7.19. The summed E-state index contributed by atoms with van der Waals surface area (Å²) >= 11 is 1.45. The molecule has 1 heterocycles. The Morgan fingerprint density at radius 1 is 1.19 bits per heavy atom. The second kappa shape index (κ2) is 9.59. The van der Waals surface area contributed by atoms with E-state index in [0.29, 0.717) is 0 Å². The number of hydrogen-bond acceptors (Lipinski definition) is 3. The fraction of sp³-hybridized carbons (Fsp3) is 0.238. The maximum atomic E-state index is 10.9. The van der Waals surface area contributed by atoms with Crippen LogP contribution in [0.2, 0.25) is 0 Å². The number of carboxylic acids is 1. The van der Waals surface area contributed by atoms with E-state index in [-0.39, 0.29) is 5.70 Å². The number of anilines is 1. The van der Waals surface area contributed by atoms with E-state index >= 15 is 0 Å². The maximum Gasteiger partial charge on any atom is 0.333 e. The van der Waals surface area contributed by atoms with Gasteiger partial charge in [0.25, 0.3) is 5.70 Å². The fourth-order valence-electron chi connectivity index (χ4n) is 2.35. The number of benzene rings is 1. The quantitative estimate of drug-likeness (QED) is 0.496. The van der Waals surface area contributed by atoms with Gasteiger partial charge >= 0.3 is 5.97 Å². The van der Waals surface area contributed by atoms with E-state index in [1.165, 1.54) is 35.9 Å². The third-order valence-electron chi connectivity index (χ3n) is 3.89. The second-order valence-electron chi connectivity index (χ2n) is 5.89. The average molecular weight is 366 g/mol. The van der Waals surface area contributed by atoms with E-state index in [1.807, 2.05) is 24.3 Å². The molecule has 0 radical (unpaired) electrons. The zero-order chi connectivity index (χ0) is 18.9. The van der Waals surface area contributed by atoms with Crippen molar-refractivity contribution in [3.05, 3.63) is 68.8 Å². The van der Waals surface area contributed by atoms with Gasteiger partial charge in [0.05, 0.1) is 6.57 Å². The molecule has 2 aromatic rings. The molecule has 0 aliphatic heterocycles. The zero-order valence-electron chi connectivity index (χ0n) is 15.0. The molecule has 0 atom stereocenters. The fourth-order valence-corrected chi connectivity index (χ4v) is 3.21. The highest BCUT2D eigenvalue weighted by molar-refractivity contribution is 7.13. The van der Waals surface area contributed by atoms with Crippen molar-refractivity contribution in [2.24, 2.45) is 0 Å². The van der Waals surface area contributed by atoms with Gasteiger partial charge in [-0.3, -0.25) is 4.79 Å². The monoisotopic (exact) mass is 366 g/mol. The number of nitrogens with zero attached hydrogens (tertiary/aromatic N) is 2. The summed E-state index contributed by atoms with van der Waals surface area (Å²) in [6, 6.07) is 12.2. The Hall–Kier alpha value is -2.84. The van der Waals surface area contributed by atoms with Gasteiger partial charge in [0.15, 0.2) is 0 Å². The van der Waals surface area contributed by atoms with Gasteiger partial charge in [-0.1, -0.05) is 31.6 Å². The molecule has 0 fully saturated rings. The lowest BCUT2D eigenvalue weighted by Crippen LogP contribution is -2.17. The Bertz CT molecular complexity index is 842. The first-order valence-corrected chi connectivity index (χ1v) is 9.26. The molecule has 0 saturated heterocycles. The van der Waals surface area contributed by atoms with E-state index in [9.17, 15) is 4.79 Å². The smallest absolute Gasteiger partial charge is 0.333 e. The van der Waals surface area contributed by atoms with Gasteiger partial charge < -0.3 is 10.0 Å². The van der Waals surface area contributed by atoms with Crippen molar-refractivity contribution in [2.75, 3.05) is 18.5 Å². The van der Waals surface area contributed by atoms with Crippen molar-refractivity contribution >= 4 is 41.2 Å². The van der Waals surface area contributed by atoms with Crippen LogP contribution >= 0.6 is 11.3 Å². The maximum absolute atomic E-state index is 10.9. The molecule has 2 rings (SSSR count). The molecule has 0 bridgehead atoms. The van der Waals surface area contributed by atoms with Crippen molar-refractivity contribution in [3.8, 4) is 0 Å². The van der Waals surface area contributed by atoms with Crippen LogP contribution in [-0.2, 0) is 4.79 Å². The lowest BCUT2D eigenvalue weighted by molar-refractivity contribution is -0.132. The predicted molar refractivity (Wildman–Crippen MR) is 110 cm³/mol. The first kappa shape index (κ1) is 19.5. The van der Waals surface area contributed by atoms with Crippen molar-refractivity contribution in [1.29, 1.82) is 0 Å². The van der Waals surface area contributed by atoms with Gasteiger partial charge in [-0.05, 0) is 48.4 Å². The van der Waals surface area contributed by atoms with Crippen LogP contribution < -0.4 is 4.90 Å². The second-order valence-corrected chi connectivity index (χ2v) is 7.03. The van der Waals surface area contributed by atoms with Crippen LogP contribution in [0, 0.1) is 6.57 Å². The number of rotatable bonds is 8. The summed E-state index contributed by atoms with van der Waals surface area (Å²) in [5, 5.41) is 8.91. The van der Waals surface area contributed by atoms with Crippen LogP contribution in [0.4, 0.5) is 5.69 Å².